The van der Waals surface area contributed by atoms with Crippen LogP contribution in [0.5, 0.6) is 0 Å². The van der Waals surface area contributed by atoms with E-state index < -0.39 is 0 Å². The second-order valence-corrected chi connectivity index (χ2v) is 5.88. The number of nitrogens with one attached hydrogen (secondary N) is 3. The maximum absolute atomic E-state index is 12.0. The summed E-state index contributed by atoms with van der Waals surface area (Å²) < 4.78 is 0. The fraction of sp³-hybridized carbons (Fsp3) is 0.263. The van der Waals surface area contributed by atoms with E-state index in [0.717, 1.165) is 37.6 Å². The van der Waals surface area contributed by atoms with Crippen molar-refractivity contribution in [2.24, 2.45) is 0 Å². The Morgan fingerprint density at radius 1 is 0.960 bits per heavy atom. The Labute approximate surface area is 147 Å². The largest absolute Gasteiger partial charge is 0.369 e. The van der Waals surface area contributed by atoms with E-state index in [9.17, 15) is 9.59 Å². The molecule has 3 rings (SSSR count). The molecule has 1 heterocycles. The third-order valence-electron chi connectivity index (χ3n) is 4.08. The number of hydrogen-bond donors (Lipinski definition) is 3. The van der Waals surface area contributed by atoms with Gasteiger partial charge in [0.05, 0.1) is 6.54 Å². The number of anilines is 2. The van der Waals surface area contributed by atoms with Crippen LogP contribution in [-0.4, -0.2) is 44.5 Å². The summed E-state index contributed by atoms with van der Waals surface area (Å²) in [4.78, 5) is 26.2. The van der Waals surface area contributed by atoms with Crippen LogP contribution in [0.3, 0.4) is 0 Å². The number of piperazine rings is 1. The number of hydrogen-bond acceptors (Lipinski definition) is 4. The highest BCUT2D eigenvalue weighted by Gasteiger charge is 2.11. The quantitative estimate of drug-likeness (QED) is 0.772. The van der Waals surface area contributed by atoms with Gasteiger partial charge in [-0.2, -0.15) is 0 Å². The molecule has 1 aliphatic rings. The van der Waals surface area contributed by atoms with Crippen molar-refractivity contribution < 1.29 is 9.59 Å². The standard InChI is InChI=1S/C19H22N4O2/c24-18(14-21-19(25)15-4-2-1-3-5-15)22-16-6-8-17(9-7-16)23-12-10-20-11-13-23/h1-9,20H,10-14H2,(H,21,25)(H,22,24). The first-order valence-corrected chi connectivity index (χ1v) is 8.41. The molecule has 0 spiro atoms. The molecule has 0 atom stereocenters. The van der Waals surface area contributed by atoms with Gasteiger partial charge in [0.1, 0.15) is 0 Å². The first-order valence-electron chi connectivity index (χ1n) is 8.41. The van der Waals surface area contributed by atoms with Crippen molar-refractivity contribution in [2.45, 2.75) is 0 Å². The molecule has 130 valence electrons. The molecule has 2 amide bonds. The first kappa shape index (κ1) is 17.0. The molecular formula is C19H22N4O2. The Kier molecular flexibility index (Phi) is 5.64. The van der Waals surface area contributed by atoms with E-state index in [1.807, 2.05) is 30.3 Å². The summed E-state index contributed by atoms with van der Waals surface area (Å²) in [7, 11) is 0. The molecule has 25 heavy (non-hydrogen) atoms. The van der Waals surface area contributed by atoms with Crippen LogP contribution >= 0.6 is 0 Å². The molecule has 0 bridgehead atoms. The number of carbonyl (C=O) groups excluding carboxylic acids is 2. The third kappa shape index (κ3) is 4.81. The maximum atomic E-state index is 12.0. The van der Waals surface area contributed by atoms with Gasteiger partial charge in [0.15, 0.2) is 0 Å². The third-order valence-corrected chi connectivity index (χ3v) is 4.08. The van der Waals surface area contributed by atoms with Crippen LogP contribution in [0, 0.1) is 0 Å². The zero-order valence-corrected chi connectivity index (χ0v) is 14.0. The van der Waals surface area contributed by atoms with E-state index in [0.29, 0.717) is 5.56 Å². The molecule has 1 aliphatic heterocycles. The van der Waals surface area contributed by atoms with Crippen LogP contribution in [0.4, 0.5) is 11.4 Å². The average molecular weight is 338 g/mol. The summed E-state index contributed by atoms with van der Waals surface area (Å²) in [5, 5.41) is 8.73. The first-order chi connectivity index (χ1) is 12.2. The van der Waals surface area contributed by atoms with Crippen molar-refractivity contribution in [1.82, 2.24) is 10.6 Å². The molecule has 6 nitrogen and oxygen atoms in total. The van der Waals surface area contributed by atoms with Crippen molar-refractivity contribution in [3.8, 4) is 0 Å². The van der Waals surface area contributed by atoms with Gasteiger partial charge in [-0.05, 0) is 36.4 Å². The van der Waals surface area contributed by atoms with Crippen LogP contribution in [0.2, 0.25) is 0 Å². The highest BCUT2D eigenvalue weighted by Crippen LogP contribution is 2.18. The minimum absolute atomic E-state index is 0.0622. The molecular weight excluding hydrogens is 316 g/mol. The van der Waals surface area contributed by atoms with Crippen LogP contribution in [0.15, 0.2) is 54.6 Å². The summed E-state index contributed by atoms with van der Waals surface area (Å²) in [6.07, 6.45) is 0. The van der Waals surface area contributed by atoms with E-state index in [2.05, 4.69) is 20.9 Å². The number of rotatable bonds is 5. The van der Waals surface area contributed by atoms with Crippen molar-refractivity contribution in [2.75, 3.05) is 42.9 Å². The molecule has 0 radical (unpaired) electrons. The zero-order valence-electron chi connectivity index (χ0n) is 14.0. The predicted molar refractivity (Wildman–Crippen MR) is 98.9 cm³/mol. The average Bonchev–Trinajstić information content (AvgIpc) is 2.68. The molecule has 0 aliphatic carbocycles. The summed E-state index contributed by atoms with van der Waals surface area (Å²) >= 11 is 0. The maximum Gasteiger partial charge on any atom is 0.251 e. The SMILES string of the molecule is O=C(CNC(=O)c1ccccc1)Nc1ccc(N2CCNCC2)cc1. The Morgan fingerprint density at radius 3 is 2.32 bits per heavy atom. The summed E-state index contributed by atoms with van der Waals surface area (Å²) in [5.74, 6) is -0.510. The normalized spacial score (nSPS) is 14.0. The van der Waals surface area contributed by atoms with Gasteiger partial charge in [-0.3, -0.25) is 9.59 Å². The van der Waals surface area contributed by atoms with E-state index >= 15 is 0 Å². The predicted octanol–water partition coefficient (Wildman–Crippen LogP) is 1.46. The zero-order chi connectivity index (χ0) is 17.5. The summed E-state index contributed by atoms with van der Waals surface area (Å²) in [5.41, 5.74) is 2.41. The second-order valence-electron chi connectivity index (χ2n) is 5.88. The highest BCUT2D eigenvalue weighted by molar-refractivity contribution is 5.99. The van der Waals surface area contributed by atoms with Gasteiger partial charge in [-0.15, -0.1) is 0 Å². The number of benzene rings is 2. The van der Waals surface area contributed by atoms with Crippen molar-refractivity contribution in [1.29, 1.82) is 0 Å². The Hall–Kier alpha value is -2.86. The van der Waals surface area contributed by atoms with E-state index in [1.165, 1.54) is 0 Å². The lowest BCUT2D eigenvalue weighted by atomic mass is 10.2. The van der Waals surface area contributed by atoms with Crippen molar-refractivity contribution >= 4 is 23.2 Å². The van der Waals surface area contributed by atoms with Gasteiger partial charge in [0.2, 0.25) is 5.91 Å². The smallest absolute Gasteiger partial charge is 0.251 e. The molecule has 3 N–H and O–H groups in total. The summed E-state index contributed by atoms with van der Waals surface area (Å²) in [6, 6.07) is 16.6. The van der Waals surface area contributed by atoms with Gasteiger partial charge in [-0.25, -0.2) is 0 Å². The topological polar surface area (TPSA) is 73.5 Å². The van der Waals surface area contributed by atoms with E-state index in [-0.39, 0.29) is 18.4 Å². The fourth-order valence-corrected chi connectivity index (χ4v) is 2.74. The minimum Gasteiger partial charge on any atom is -0.369 e. The lowest BCUT2D eigenvalue weighted by Crippen LogP contribution is -2.43. The van der Waals surface area contributed by atoms with Gasteiger partial charge in [0, 0.05) is 43.1 Å². The van der Waals surface area contributed by atoms with E-state index in [1.54, 1.807) is 24.3 Å². The summed E-state index contributed by atoms with van der Waals surface area (Å²) in [6.45, 7) is 3.88. The van der Waals surface area contributed by atoms with Crippen LogP contribution < -0.4 is 20.9 Å². The molecule has 2 aromatic carbocycles. The number of amides is 2. The molecule has 6 heteroatoms. The van der Waals surface area contributed by atoms with Crippen LogP contribution in [0.1, 0.15) is 10.4 Å². The van der Waals surface area contributed by atoms with Crippen LogP contribution in [0.25, 0.3) is 0 Å². The van der Waals surface area contributed by atoms with Crippen molar-refractivity contribution in [3.05, 3.63) is 60.2 Å². The van der Waals surface area contributed by atoms with Gasteiger partial charge in [-0.1, -0.05) is 18.2 Å². The fourth-order valence-electron chi connectivity index (χ4n) is 2.74. The Bertz CT molecular complexity index is 710. The second kappa shape index (κ2) is 8.30. The molecule has 1 fully saturated rings. The lowest BCUT2D eigenvalue weighted by Gasteiger charge is -2.29. The van der Waals surface area contributed by atoms with Crippen molar-refractivity contribution in [3.63, 3.8) is 0 Å². The number of carbonyl (C=O) groups is 2. The van der Waals surface area contributed by atoms with E-state index in [4.69, 9.17) is 0 Å². The van der Waals surface area contributed by atoms with Gasteiger partial charge >= 0.3 is 0 Å². The molecule has 0 unspecified atom stereocenters. The van der Waals surface area contributed by atoms with Gasteiger partial charge in [0.25, 0.3) is 5.91 Å². The van der Waals surface area contributed by atoms with Gasteiger partial charge < -0.3 is 20.9 Å². The molecule has 0 aromatic heterocycles. The molecule has 2 aromatic rings. The molecule has 0 saturated carbocycles. The monoisotopic (exact) mass is 338 g/mol. The minimum atomic E-state index is -0.259. The Balaban J connectivity index is 1.48. The number of nitrogens with zero attached hydrogens (tertiary/aromatic N) is 1. The highest BCUT2D eigenvalue weighted by atomic mass is 16.2. The Morgan fingerprint density at radius 2 is 1.64 bits per heavy atom. The van der Waals surface area contributed by atoms with Crippen LogP contribution in [-0.2, 0) is 4.79 Å². The molecule has 1 saturated heterocycles. The lowest BCUT2D eigenvalue weighted by molar-refractivity contribution is -0.115.